The number of methoxy groups -OCH3 is 2. The lowest BCUT2D eigenvalue weighted by Gasteiger charge is -2.07. The molecule has 1 rings (SSSR count). The van der Waals surface area contributed by atoms with Gasteiger partial charge in [-0.25, -0.2) is 0 Å². The Labute approximate surface area is 92.6 Å². The van der Waals surface area contributed by atoms with Crippen molar-refractivity contribution >= 4 is 11.6 Å². The molecule has 1 heterocycles. The number of nitriles is 1. The van der Waals surface area contributed by atoms with Crippen LogP contribution in [0.5, 0.6) is 11.8 Å². The number of nitrogens with zero attached hydrogens (tertiary/aromatic N) is 3. The first kappa shape index (κ1) is 11.5. The highest BCUT2D eigenvalue weighted by Gasteiger charge is 2.15. The Balaban J connectivity index is 3.12. The van der Waals surface area contributed by atoms with Gasteiger partial charge < -0.3 is 9.47 Å². The van der Waals surface area contributed by atoms with E-state index in [-0.39, 0.29) is 5.88 Å². The van der Waals surface area contributed by atoms with E-state index in [0.717, 1.165) is 0 Å². The molecule has 5 nitrogen and oxygen atoms in total. The molecule has 6 heteroatoms. The van der Waals surface area contributed by atoms with Crippen molar-refractivity contribution in [3.8, 4) is 17.8 Å². The lowest BCUT2D eigenvalue weighted by atomic mass is 10.2. The Morgan fingerprint density at radius 3 is 2.27 bits per heavy atom. The maximum absolute atomic E-state index is 8.81. The van der Waals surface area contributed by atoms with Gasteiger partial charge in [-0.1, -0.05) is 0 Å². The van der Waals surface area contributed by atoms with Crippen LogP contribution in [0.25, 0.3) is 0 Å². The first-order chi connectivity index (χ1) is 7.24. The molecular formula is C9H10ClN3O2. The maximum Gasteiger partial charge on any atom is 0.220 e. The summed E-state index contributed by atoms with van der Waals surface area (Å²) in [4.78, 5) is 8.04. The van der Waals surface area contributed by atoms with Crippen LogP contribution in [0.2, 0.25) is 0 Å². The van der Waals surface area contributed by atoms with E-state index in [9.17, 15) is 0 Å². The van der Waals surface area contributed by atoms with Gasteiger partial charge in [0.25, 0.3) is 0 Å². The van der Waals surface area contributed by atoms with E-state index in [1.165, 1.54) is 20.3 Å². The second kappa shape index (κ2) is 5.37. The van der Waals surface area contributed by atoms with Crippen LogP contribution in [0.1, 0.15) is 11.7 Å². The highest BCUT2D eigenvalue weighted by molar-refractivity contribution is 6.18. The third kappa shape index (κ3) is 2.70. The van der Waals surface area contributed by atoms with Crippen LogP contribution in [0, 0.1) is 11.3 Å². The molecule has 0 spiro atoms. The van der Waals surface area contributed by atoms with Crippen molar-refractivity contribution in [2.75, 3.05) is 20.1 Å². The molecule has 0 saturated carbocycles. The van der Waals surface area contributed by atoms with Crippen LogP contribution in [0.4, 0.5) is 0 Å². The van der Waals surface area contributed by atoms with Crippen molar-refractivity contribution in [1.29, 1.82) is 5.26 Å². The minimum absolute atomic E-state index is 0.132. The van der Waals surface area contributed by atoms with Crippen LogP contribution in [0.15, 0.2) is 6.07 Å². The minimum Gasteiger partial charge on any atom is -0.481 e. The largest absolute Gasteiger partial charge is 0.481 e. The fourth-order valence-electron chi connectivity index (χ4n) is 0.947. The third-order valence-electron chi connectivity index (χ3n) is 1.74. The van der Waals surface area contributed by atoms with Crippen LogP contribution in [-0.2, 0) is 0 Å². The van der Waals surface area contributed by atoms with Gasteiger partial charge in [0, 0.05) is 5.88 Å². The molecular weight excluding hydrogens is 218 g/mol. The van der Waals surface area contributed by atoms with E-state index < -0.39 is 5.92 Å². The first-order valence-corrected chi connectivity index (χ1v) is 4.71. The van der Waals surface area contributed by atoms with Crippen molar-refractivity contribution < 1.29 is 9.47 Å². The van der Waals surface area contributed by atoms with Gasteiger partial charge in [0.1, 0.15) is 5.92 Å². The molecule has 80 valence electrons. The smallest absolute Gasteiger partial charge is 0.220 e. The summed E-state index contributed by atoms with van der Waals surface area (Å²) < 4.78 is 9.91. The number of hydrogen-bond donors (Lipinski definition) is 0. The van der Waals surface area contributed by atoms with Crippen LogP contribution in [0.3, 0.4) is 0 Å². The van der Waals surface area contributed by atoms with Crippen LogP contribution in [-0.4, -0.2) is 30.1 Å². The highest BCUT2D eigenvalue weighted by atomic mass is 35.5. The average Bonchev–Trinajstić information content (AvgIpc) is 2.30. The molecule has 0 amide bonds. The average molecular weight is 228 g/mol. The fourth-order valence-corrected chi connectivity index (χ4v) is 1.15. The molecule has 1 atom stereocenters. The monoisotopic (exact) mass is 227 g/mol. The van der Waals surface area contributed by atoms with E-state index >= 15 is 0 Å². The number of aromatic nitrogens is 2. The summed E-state index contributed by atoms with van der Waals surface area (Å²) >= 11 is 5.61. The molecule has 1 aromatic rings. The van der Waals surface area contributed by atoms with Gasteiger partial charge >= 0.3 is 0 Å². The summed E-state index contributed by atoms with van der Waals surface area (Å²) in [6, 6.07) is 3.54. The standard InChI is InChI=1S/C9H10ClN3O2/c1-14-7-3-8(15-2)13-9(12-7)6(4-10)5-11/h3,6H,4H2,1-2H3. The summed E-state index contributed by atoms with van der Waals surface area (Å²) in [5.74, 6) is 0.580. The summed E-state index contributed by atoms with van der Waals surface area (Å²) in [6.07, 6.45) is 0. The number of rotatable bonds is 4. The van der Waals surface area contributed by atoms with Crippen LogP contribution >= 0.6 is 11.6 Å². The Morgan fingerprint density at radius 1 is 1.40 bits per heavy atom. The third-order valence-corrected chi connectivity index (χ3v) is 2.05. The molecule has 0 bridgehead atoms. The molecule has 15 heavy (non-hydrogen) atoms. The van der Waals surface area contributed by atoms with E-state index in [1.807, 2.05) is 6.07 Å². The number of ether oxygens (including phenoxy) is 2. The number of halogens is 1. The molecule has 0 aliphatic heterocycles. The van der Waals surface area contributed by atoms with Gasteiger partial charge in [-0.15, -0.1) is 11.6 Å². The molecule has 0 aliphatic carbocycles. The molecule has 0 aliphatic rings. The molecule has 0 aromatic carbocycles. The predicted octanol–water partition coefficient (Wildman–Crippen LogP) is 1.34. The zero-order valence-electron chi connectivity index (χ0n) is 8.40. The summed E-state index contributed by atoms with van der Waals surface area (Å²) in [5, 5.41) is 8.81. The Kier molecular flexibility index (Phi) is 4.13. The molecule has 0 N–H and O–H groups in total. The molecule has 1 unspecified atom stereocenters. The van der Waals surface area contributed by atoms with Gasteiger partial charge in [0.2, 0.25) is 11.8 Å². The highest BCUT2D eigenvalue weighted by Crippen LogP contribution is 2.20. The Morgan fingerprint density at radius 2 is 1.93 bits per heavy atom. The van der Waals surface area contributed by atoms with E-state index in [1.54, 1.807) is 0 Å². The Bertz CT molecular complexity index is 356. The van der Waals surface area contributed by atoms with E-state index in [0.29, 0.717) is 17.6 Å². The zero-order valence-corrected chi connectivity index (χ0v) is 9.15. The van der Waals surface area contributed by atoms with Gasteiger partial charge in [-0.2, -0.15) is 15.2 Å². The van der Waals surface area contributed by atoms with Crippen molar-refractivity contribution in [3.05, 3.63) is 11.9 Å². The van der Waals surface area contributed by atoms with Gasteiger partial charge in [0.05, 0.1) is 26.4 Å². The second-order valence-electron chi connectivity index (χ2n) is 2.65. The summed E-state index contributed by atoms with van der Waals surface area (Å²) in [6.45, 7) is 0. The zero-order chi connectivity index (χ0) is 11.3. The lowest BCUT2D eigenvalue weighted by Crippen LogP contribution is -2.06. The fraction of sp³-hybridized carbons (Fsp3) is 0.444. The van der Waals surface area contributed by atoms with Crippen molar-refractivity contribution in [1.82, 2.24) is 9.97 Å². The van der Waals surface area contributed by atoms with Crippen LogP contribution < -0.4 is 9.47 Å². The number of alkyl halides is 1. The van der Waals surface area contributed by atoms with Gasteiger partial charge in [-0.05, 0) is 0 Å². The minimum atomic E-state index is -0.560. The molecule has 0 saturated heterocycles. The van der Waals surface area contributed by atoms with E-state index in [2.05, 4.69) is 9.97 Å². The van der Waals surface area contributed by atoms with Crippen molar-refractivity contribution in [2.45, 2.75) is 5.92 Å². The molecule has 0 radical (unpaired) electrons. The maximum atomic E-state index is 8.81. The first-order valence-electron chi connectivity index (χ1n) is 4.17. The summed E-state index contributed by atoms with van der Waals surface area (Å²) in [5.41, 5.74) is 0. The van der Waals surface area contributed by atoms with Crippen molar-refractivity contribution in [3.63, 3.8) is 0 Å². The quantitative estimate of drug-likeness (QED) is 0.726. The topological polar surface area (TPSA) is 68.0 Å². The van der Waals surface area contributed by atoms with Gasteiger partial charge in [-0.3, -0.25) is 0 Å². The summed E-state index contributed by atoms with van der Waals surface area (Å²) in [7, 11) is 2.96. The molecule has 0 fully saturated rings. The van der Waals surface area contributed by atoms with Crippen molar-refractivity contribution in [2.24, 2.45) is 0 Å². The Hall–Kier alpha value is -1.54. The lowest BCUT2D eigenvalue weighted by molar-refractivity contribution is 0.367. The SMILES string of the molecule is COc1cc(OC)nc(C(C#N)CCl)n1. The number of hydrogen-bond acceptors (Lipinski definition) is 5. The van der Waals surface area contributed by atoms with Gasteiger partial charge in [0.15, 0.2) is 5.82 Å². The second-order valence-corrected chi connectivity index (χ2v) is 2.96. The molecule has 1 aromatic heterocycles. The predicted molar refractivity (Wildman–Crippen MR) is 54.2 cm³/mol. The van der Waals surface area contributed by atoms with E-state index in [4.69, 9.17) is 26.3 Å². The normalized spacial score (nSPS) is 11.6.